The molecule has 0 spiro atoms. The van der Waals surface area contributed by atoms with Crippen molar-refractivity contribution in [2.24, 2.45) is 5.73 Å². The van der Waals surface area contributed by atoms with Gasteiger partial charge in [0.1, 0.15) is 0 Å². The monoisotopic (exact) mass is 264 g/mol. The summed E-state index contributed by atoms with van der Waals surface area (Å²) in [6, 6.07) is 8.09. The summed E-state index contributed by atoms with van der Waals surface area (Å²) in [7, 11) is 0. The Balaban J connectivity index is 1.91. The Hall–Kier alpha value is -1.00. The van der Waals surface area contributed by atoms with Crippen molar-refractivity contribution in [3.63, 3.8) is 0 Å². The maximum absolute atomic E-state index is 12.0. The summed E-state index contributed by atoms with van der Waals surface area (Å²) in [4.78, 5) is 12.0. The van der Waals surface area contributed by atoms with E-state index in [0.717, 1.165) is 36.3 Å². The lowest BCUT2D eigenvalue weighted by Gasteiger charge is -2.22. The first kappa shape index (κ1) is 13.4. The third-order valence-corrected chi connectivity index (χ3v) is 4.25. The first-order valence-electron chi connectivity index (χ1n) is 6.47. The average Bonchev–Trinajstić information content (AvgIpc) is 2.41. The molecule has 18 heavy (non-hydrogen) atoms. The first-order chi connectivity index (χ1) is 8.79. The summed E-state index contributed by atoms with van der Waals surface area (Å²) in [5.74, 6) is 2.35. The van der Waals surface area contributed by atoms with E-state index in [-0.39, 0.29) is 5.91 Å². The van der Waals surface area contributed by atoms with Gasteiger partial charge in [0.2, 0.25) is 0 Å². The van der Waals surface area contributed by atoms with E-state index in [0.29, 0.717) is 12.6 Å². The van der Waals surface area contributed by atoms with Crippen LogP contribution in [-0.4, -0.2) is 30.0 Å². The summed E-state index contributed by atoms with van der Waals surface area (Å²) in [6.07, 6.45) is 3.03. The molecule has 0 aromatic heterocycles. The zero-order valence-corrected chi connectivity index (χ0v) is 11.3. The fraction of sp³-hybridized carbons (Fsp3) is 0.500. The Morgan fingerprint density at radius 1 is 1.28 bits per heavy atom. The molecule has 1 aliphatic rings. The minimum Gasteiger partial charge on any atom is -0.349 e. The van der Waals surface area contributed by atoms with Gasteiger partial charge in [-0.15, -0.1) is 0 Å². The molecular weight excluding hydrogens is 244 g/mol. The number of amides is 1. The highest BCUT2D eigenvalue weighted by Crippen LogP contribution is 2.17. The summed E-state index contributed by atoms with van der Waals surface area (Å²) >= 11 is 1.97. The number of carbonyl (C=O) groups is 1. The Bertz CT molecular complexity index is 385. The number of nitrogens with two attached hydrogens (primary N) is 1. The lowest BCUT2D eigenvalue weighted by molar-refractivity contribution is 0.0935. The maximum Gasteiger partial charge on any atom is 0.251 e. The third-order valence-electron chi connectivity index (χ3n) is 3.21. The molecule has 0 bridgehead atoms. The molecule has 4 heteroatoms. The molecular formula is C14H20N2OS. The van der Waals surface area contributed by atoms with E-state index >= 15 is 0 Å². The molecule has 3 N–H and O–H groups in total. The van der Waals surface area contributed by atoms with Crippen molar-refractivity contribution in [1.82, 2.24) is 5.32 Å². The van der Waals surface area contributed by atoms with Gasteiger partial charge in [0.25, 0.3) is 5.91 Å². The van der Waals surface area contributed by atoms with E-state index < -0.39 is 0 Å². The summed E-state index contributed by atoms with van der Waals surface area (Å²) in [5, 5.41) is 3.11. The molecule has 3 nitrogen and oxygen atoms in total. The molecule has 0 saturated carbocycles. The van der Waals surface area contributed by atoms with E-state index in [2.05, 4.69) is 5.32 Å². The van der Waals surface area contributed by atoms with Crippen LogP contribution in [0.4, 0.5) is 0 Å². The number of rotatable bonds is 4. The van der Waals surface area contributed by atoms with Crippen molar-refractivity contribution in [3.8, 4) is 0 Å². The predicted octanol–water partition coefficient (Wildman–Crippen LogP) is 1.81. The van der Waals surface area contributed by atoms with E-state index in [9.17, 15) is 4.79 Å². The molecule has 1 saturated heterocycles. The number of nitrogens with one attached hydrogen (secondary N) is 1. The van der Waals surface area contributed by atoms with Gasteiger partial charge in [0, 0.05) is 11.6 Å². The number of thioether (sulfide) groups is 1. The summed E-state index contributed by atoms with van der Waals surface area (Å²) in [5.41, 5.74) is 7.43. The van der Waals surface area contributed by atoms with Gasteiger partial charge in [-0.25, -0.2) is 0 Å². The van der Waals surface area contributed by atoms with Crippen LogP contribution < -0.4 is 11.1 Å². The number of hydrogen-bond donors (Lipinski definition) is 2. The van der Waals surface area contributed by atoms with Gasteiger partial charge in [-0.05, 0) is 55.0 Å². The molecule has 0 unspecified atom stereocenters. The van der Waals surface area contributed by atoms with Crippen molar-refractivity contribution in [1.29, 1.82) is 0 Å². The molecule has 1 amide bonds. The molecule has 0 atom stereocenters. The van der Waals surface area contributed by atoms with Crippen molar-refractivity contribution in [3.05, 3.63) is 35.4 Å². The second-order valence-electron chi connectivity index (χ2n) is 4.60. The number of carbonyl (C=O) groups excluding carboxylic acids is 1. The van der Waals surface area contributed by atoms with Gasteiger partial charge < -0.3 is 11.1 Å². The molecule has 1 heterocycles. The van der Waals surface area contributed by atoms with Gasteiger partial charge in [-0.2, -0.15) is 11.8 Å². The quantitative estimate of drug-likeness (QED) is 0.872. The van der Waals surface area contributed by atoms with Gasteiger partial charge in [-0.1, -0.05) is 12.1 Å². The van der Waals surface area contributed by atoms with Crippen molar-refractivity contribution >= 4 is 17.7 Å². The Kier molecular flexibility index (Phi) is 5.08. The highest BCUT2D eigenvalue weighted by Gasteiger charge is 2.16. The minimum atomic E-state index is 0.0474. The molecule has 0 aliphatic carbocycles. The Labute approximate surface area is 113 Å². The second-order valence-corrected chi connectivity index (χ2v) is 5.82. The van der Waals surface area contributed by atoms with Gasteiger partial charge >= 0.3 is 0 Å². The second kappa shape index (κ2) is 6.81. The zero-order chi connectivity index (χ0) is 12.8. The molecule has 1 fully saturated rings. The summed E-state index contributed by atoms with van der Waals surface area (Å²) in [6.45, 7) is 0.644. The third kappa shape index (κ3) is 3.75. The van der Waals surface area contributed by atoms with E-state index in [1.807, 2.05) is 36.0 Å². The van der Waals surface area contributed by atoms with Crippen molar-refractivity contribution < 1.29 is 4.79 Å². The van der Waals surface area contributed by atoms with Crippen LogP contribution in [0.15, 0.2) is 24.3 Å². The van der Waals surface area contributed by atoms with E-state index in [1.165, 1.54) is 5.56 Å². The van der Waals surface area contributed by atoms with Crippen LogP contribution in [0.5, 0.6) is 0 Å². The molecule has 2 rings (SSSR count). The van der Waals surface area contributed by atoms with Crippen LogP contribution in [-0.2, 0) is 6.42 Å². The molecule has 1 aromatic rings. The standard InChI is InChI=1S/C14H20N2OS/c15-8-5-11-1-3-12(4-2-11)14(17)16-13-6-9-18-10-7-13/h1-4,13H,5-10,15H2,(H,16,17). The fourth-order valence-corrected chi connectivity index (χ4v) is 3.21. The largest absolute Gasteiger partial charge is 0.349 e. The van der Waals surface area contributed by atoms with Crippen molar-refractivity contribution in [2.75, 3.05) is 18.1 Å². The smallest absolute Gasteiger partial charge is 0.251 e. The van der Waals surface area contributed by atoms with E-state index in [1.54, 1.807) is 0 Å². The normalized spacial score (nSPS) is 16.5. The lowest BCUT2D eigenvalue weighted by atomic mass is 10.1. The van der Waals surface area contributed by atoms with Gasteiger partial charge in [0.05, 0.1) is 0 Å². The Morgan fingerprint density at radius 2 is 1.94 bits per heavy atom. The van der Waals surface area contributed by atoms with Crippen LogP contribution >= 0.6 is 11.8 Å². The van der Waals surface area contributed by atoms with Gasteiger partial charge in [0.15, 0.2) is 0 Å². The molecule has 1 aromatic carbocycles. The first-order valence-corrected chi connectivity index (χ1v) is 7.62. The Morgan fingerprint density at radius 3 is 2.56 bits per heavy atom. The fourth-order valence-electron chi connectivity index (χ4n) is 2.10. The average molecular weight is 264 g/mol. The van der Waals surface area contributed by atoms with Crippen LogP contribution in [0.1, 0.15) is 28.8 Å². The molecule has 1 aliphatic heterocycles. The van der Waals surface area contributed by atoms with Crippen LogP contribution in [0.3, 0.4) is 0 Å². The van der Waals surface area contributed by atoms with Crippen LogP contribution in [0.25, 0.3) is 0 Å². The highest BCUT2D eigenvalue weighted by molar-refractivity contribution is 7.99. The van der Waals surface area contributed by atoms with E-state index in [4.69, 9.17) is 5.73 Å². The lowest BCUT2D eigenvalue weighted by Crippen LogP contribution is -2.37. The SMILES string of the molecule is NCCc1ccc(C(=O)NC2CCSCC2)cc1. The minimum absolute atomic E-state index is 0.0474. The van der Waals surface area contributed by atoms with Crippen LogP contribution in [0.2, 0.25) is 0 Å². The summed E-state index contributed by atoms with van der Waals surface area (Å²) < 4.78 is 0. The van der Waals surface area contributed by atoms with Crippen molar-refractivity contribution in [2.45, 2.75) is 25.3 Å². The van der Waals surface area contributed by atoms with Crippen LogP contribution in [0, 0.1) is 0 Å². The highest BCUT2D eigenvalue weighted by atomic mass is 32.2. The number of hydrogen-bond acceptors (Lipinski definition) is 3. The zero-order valence-electron chi connectivity index (χ0n) is 10.5. The molecule has 0 radical (unpaired) electrons. The maximum atomic E-state index is 12.0. The predicted molar refractivity (Wildman–Crippen MR) is 77.0 cm³/mol. The number of benzene rings is 1. The topological polar surface area (TPSA) is 55.1 Å². The molecule has 98 valence electrons. The van der Waals surface area contributed by atoms with Gasteiger partial charge in [-0.3, -0.25) is 4.79 Å².